The lowest BCUT2D eigenvalue weighted by Gasteiger charge is -2.13. The number of hydrogen-bond acceptors (Lipinski definition) is 4. The van der Waals surface area contributed by atoms with Gasteiger partial charge in [0, 0.05) is 6.92 Å². The largest absolute Gasteiger partial charge is 0.494 e. The molecule has 0 radical (unpaired) electrons. The van der Waals surface area contributed by atoms with E-state index in [4.69, 9.17) is 4.74 Å². The zero-order valence-electron chi connectivity index (χ0n) is 7.93. The molecule has 74 valence electrons. The van der Waals surface area contributed by atoms with E-state index in [9.17, 15) is 9.70 Å². The minimum atomic E-state index is -0.454. The van der Waals surface area contributed by atoms with Gasteiger partial charge in [-0.3, -0.25) is 4.79 Å². The minimum absolute atomic E-state index is 0.345. The summed E-state index contributed by atoms with van der Waals surface area (Å²) in [6.07, 6.45) is 0. The second-order valence-electron chi connectivity index (χ2n) is 2.58. The van der Waals surface area contributed by atoms with Gasteiger partial charge in [-0.2, -0.15) is 5.01 Å². The molecule has 0 aliphatic carbocycles. The third-order valence-electron chi connectivity index (χ3n) is 1.69. The fourth-order valence-electron chi connectivity index (χ4n) is 1.08. The van der Waals surface area contributed by atoms with E-state index in [1.165, 1.54) is 14.0 Å². The fraction of sp³-hybridized carbons (Fsp3) is 0.222. The summed E-state index contributed by atoms with van der Waals surface area (Å²) in [5.74, 6) is -0.0215. The van der Waals surface area contributed by atoms with Crippen molar-refractivity contribution in [3.05, 3.63) is 29.2 Å². The highest BCUT2D eigenvalue weighted by Crippen LogP contribution is 2.27. The van der Waals surface area contributed by atoms with E-state index >= 15 is 0 Å². The molecule has 0 fully saturated rings. The lowest BCUT2D eigenvalue weighted by molar-refractivity contribution is -0.116. The van der Waals surface area contributed by atoms with Crippen LogP contribution in [0.4, 0.5) is 5.69 Å². The first-order chi connectivity index (χ1) is 6.70. The number of nitrogens with zero attached hydrogens (tertiary/aromatic N) is 2. The van der Waals surface area contributed by atoms with Crippen LogP contribution in [-0.4, -0.2) is 13.0 Å². The Morgan fingerprint density at radius 2 is 2.07 bits per heavy atom. The molecule has 0 aromatic heterocycles. The molecule has 0 bridgehead atoms. The molecular weight excluding hydrogens is 184 g/mol. The third-order valence-corrected chi connectivity index (χ3v) is 1.69. The first-order valence-corrected chi connectivity index (χ1v) is 3.97. The molecule has 0 spiro atoms. The maximum Gasteiger partial charge on any atom is 0.247 e. The Labute approximate surface area is 81.2 Å². The predicted molar refractivity (Wildman–Crippen MR) is 51.9 cm³/mol. The molecule has 0 N–H and O–H groups in total. The summed E-state index contributed by atoms with van der Waals surface area (Å²) < 4.78 is 4.99. The van der Waals surface area contributed by atoms with Crippen LogP contribution in [0.2, 0.25) is 0 Å². The van der Waals surface area contributed by atoms with Crippen LogP contribution in [-0.2, 0) is 4.79 Å². The van der Waals surface area contributed by atoms with Gasteiger partial charge in [0.05, 0.1) is 12.4 Å². The molecule has 1 aromatic rings. The van der Waals surface area contributed by atoms with Crippen molar-refractivity contribution < 1.29 is 9.53 Å². The van der Waals surface area contributed by atoms with Gasteiger partial charge in [0.15, 0.2) is 0 Å². The number of benzene rings is 1. The average Bonchev–Trinajstić information content (AvgIpc) is 2.19. The quantitative estimate of drug-likeness (QED) is 0.543. The molecule has 0 aliphatic rings. The number of methoxy groups -OCH3 is 1. The van der Waals surface area contributed by atoms with E-state index in [0.29, 0.717) is 11.4 Å². The number of hydrogen-bond donors (Lipinski definition) is 0. The predicted octanol–water partition coefficient (Wildman–Crippen LogP) is 1.73. The van der Waals surface area contributed by atoms with Crippen LogP contribution < -0.4 is 9.75 Å². The highest BCUT2D eigenvalue weighted by Gasteiger charge is 2.15. The number of amides is 1. The van der Waals surface area contributed by atoms with Crippen molar-refractivity contribution in [3.8, 4) is 5.75 Å². The van der Waals surface area contributed by atoms with E-state index in [2.05, 4.69) is 5.29 Å². The van der Waals surface area contributed by atoms with Gasteiger partial charge >= 0.3 is 0 Å². The number of anilines is 1. The van der Waals surface area contributed by atoms with Crippen molar-refractivity contribution >= 4 is 11.6 Å². The van der Waals surface area contributed by atoms with E-state index in [-0.39, 0.29) is 0 Å². The van der Waals surface area contributed by atoms with Gasteiger partial charge in [-0.1, -0.05) is 12.1 Å². The molecule has 5 nitrogen and oxygen atoms in total. The van der Waals surface area contributed by atoms with Gasteiger partial charge < -0.3 is 4.74 Å². The first-order valence-electron chi connectivity index (χ1n) is 3.97. The van der Waals surface area contributed by atoms with E-state index in [1.807, 2.05) is 0 Å². The van der Waals surface area contributed by atoms with Gasteiger partial charge in [0.1, 0.15) is 11.4 Å². The molecule has 0 saturated carbocycles. The van der Waals surface area contributed by atoms with Crippen molar-refractivity contribution in [2.75, 3.05) is 12.1 Å². The SMILES string of the molecule is COc1ccccc1N(N=O)C(C)=O. The zero-order chi connectivity index (χ0) is 10.6. The standard InChI is InChI=1S/C9H10N2O3/c1-7(12)11(10-13)8-5-3-4-6-9(8)14-2/h3-6H,1-2H3. The third kappa shape index (κ3) is 1.87. The number of para-hydroxylation sites is 2. The van der Waals surface area contributed by atoms with Gasteiger partial charge in [-0.15, -0.1) is 4.91 Å². The van der Waals surface area contributed by atoms with Crippen molar-refractivity contribution in [1.29, 1.82) is 0 Å². The summed E-state index contributed by atoms with van der Waals surface area (Å²) in [5, 5.41) is 3.37. The summed E-state index contributed by atoms with van der Waals surface area (Å²) >= 11 is 0. The van der Waals surface area contributed by atoms with Crippen LogP contribution in [0.3, 0.4) is 0 Å². The Hall–Kier alpha value is -1.91. The Morgan fingerprint density at radius 3 is 2.57 bits per heavy atom. The lowest BCUT2D eigenvalue weighted by atomic mass is 10.3. The molecule has 0 atom stereocenters. The van der Waals surface area contributed by atoms with Gasteiger partial charge in [-0.25, -0.2) is 0 Å². The molecule has 1 amide bonds. The lowest BCUT2D eigenvalue weighted by Crippen LogP contribution is -2.21. The van der Waals surface area contributed by atoms with Crippen molar-refractivity contribution in [1.82, 2.24) is 0 Å². The Morgan fingerprint density at radius 1 is 1.43 bits per heavy atom. The van der Waals surface area contributed by atoms with E-state index in [1.54, 1.807) is 24.3 Å². The summed E-state index contributed by atoms with van der Waals surface area (Å²) in [6, 6.07) is 6.67. The fourth-order valence-corrected chi connectivity index (χ4v) is 1.08. The molecule has 5 heteroatoms. The van der Waals surface area contributed by atoms with Crippen molar-refractivity contribution in [2.45, 2.75) is 6.92 Å². The van der Waals surface area contributed by atoms with Gasteiger partial charge in [0.25, 0.3) is 0 Å². The maximum absolute atomic E-state index is 11.0. The summed E-state index contributed by atoms with van der Waals surface area (Å²) in [4.78, 5) is 21.4. The normalized spacial score (nSPS) is 9.29. The molecule has 0 unspecified atom stereocenters. The Balaban J connectivity index is 3.15. The van der Waals surface area contributed by atoms with Crippen LogP contribution >= 0.6 is 0 Å². The van der Waals surface area contributed by atoms with E-state index < -0.39 is 5.91 Å². The Bertz CT molecular complexity index is 352. The molecular formula is C9H10N2O3. The van der Waals surface area contributed by atoms with Crippen LogP contribution in [0.15, 0.2) is 29.6 Å². The number of carbonyl (C=O) groups excluding carboxylic acids is 1. The molecule has 0 aliphatic heterocycles. The monoisotopic (exact) mass is 194 g/mol. The summed E-state index contributed by atoms with van der Waals surface area (Å²) in [6.45, 7) is 1.26. The van der Waals surface area contributed by atoms with E-state index in [0.717, 1.165) is 5.01 Å². The smallest absolute Gasteiger partial charge is 0.247 e. The summed E-state index contributed by atoms with van der Waals surface area (Å²) in [7, 11) is 1.46. The molecule has 1 aromatic carbocycles. The van der Waals surface area contributed by atoms with Crippen molar-refractivity contribution in [3.63, 3.8) is 0 Å². The molecule has 1 rings (SSSR count). The number of ether oxygens (including phenoxy) is 1. The molecule has 0 saturated heterocycles. The molecule has 14 heavy (non-hydrogen) atoms. The van der Waals surface area contributed by atoms with Crippen molar-refractivity contribution in [2.24, 2.45) is 5.29 Å². The zero-order valence-corrected chi connectivity index (χ0v) is 7.93. The Kier molecular flexibility index (Phi) is 3.17. The van der Waals surface area contributed by atoms with Crippen LogP contribution in [0.25, 0.3) is 0 Å². The number of nitroso groups, excluding NO2 is 1. The molecule has 0 heterocycles. The highest BCUT2D eigenvalue weighted by molar-refractivity contribution is 5.92. The van der Waals surface area contributed by atoms with Crippen LogP contribution in [0.1, 0.15) is 6.92 Å². The average molecular weight is 194 g/mol. The second kappa shape index (κ2) is 4.36. The first kappa shape index (κ1) is 10.2. The topological polar surface area (TPSA) is 59.0 Å². The minimum Gasteiger partial charge on any atom is -0.494 e. The second-order valence-corrected chi connectivity index (χ2v) is 2.58. The highest BCUT2D eigenvalue weighted by atomic mass is 16.5. The van der Waals surface area contributed by atoms with Crippen LogP contribution in [0, 0.1) is 4.91 Å². The van der Waals surface area contributed by atoms with Crippen LogP contribution in [0.5, 0.6) is 5.75 Å². The summed E-state index contributed by atoms with van der Waals surface area (Å²) in [5.41, 5.74) is 0.345. The maximum atomic E-state index is 11.0. The number of carbonyl (C=O) groups is 1. The number of rotatable bonds is 3. The van der Waals surface area contributed by atoms with Gasteiger partial charge in [-0.05, 0) is 12.1 Å². The van der Waals surface area contributed by atoms with Gasteiger partial charge in [0.2, 0.25) is 5.91 Å².